The Hall–Kier alpha value is -0.330. The molecule has 0 heterocycles. The number of fused-ring (bicyclic) bond motifs is 2. The molecule has 2 aliphatic rings. The number of ketones is 1. The van der Waals surface area contributed by atoms with Crippen LogP contribution in [0.3, 0.4) is 0 Å². The Balaban J connectivity index is 2.23. The SMILES string of the molecule is CC1CCC2CC(=O)CCCC1C2(C)C. The van der Waals surface area contributed by atoms with Crippen LogP contribution in [0.25, 0.3) is 0 Å². The van der Waals surface area contributed by atoms with Gasteiger partial charge in [0, 0.05) is 12.8 Å². The molecule has 2 rings (SSSR count). The summed E-state index contributed by atoms with van der Waals surface area (Å²) in [7, 11) is 0. The number of Topliss-reactive ketones (excluding diaryl/α,β-unsaturated/α-hetero) is 1. The highest BCUT2D eigenvalue weighted by Gasteiger charge is 2.44. The van der Waals surface area contributed by atoms with Crippen molar-refractivity contribution in [1.29, 1.82) is 0 Å². The fourth-order valence-electron chi connectivity index (χ4n) is 3.99. The van der Waals surface area contributed by atoms with Gasteiger partial charge >= 0.3 is 0 Å². The monoisotopic (exact) mass is 208 g/mol. The molecule has 2 fully saturated rings. The first-order valence-corrected chi connectivity index (χ1v) is 6.53. The molecule has 0 aromatic heterocycles. The van der Waals surface area contributed by atoms with Gasteiger partial charge in [0.2, 0.25) is 0 Å². The van der Waals surface area contributed by atoms with E-state index in [1.54, 1.807) is 0 Å². The Morgan fingerprint density at radius 2 is 1.93 bits per heavy atom. The summed E-state index contributed by atoms with van der Waals surface area (Å²) in [6, 6.07) is 0. The van der Waals surface area contributed by atoms with E-state index in [1.165, 1.54) is 19.3 Å². The van der Waals surface area contributed by atoms with E-state index in [2.05, 4.69) is 20.8 Å². The number of hydrogen-bond acceptors (Lipinski definition) is 1. The van der Waals surface area contributed by atoms with Crippen LogP contribution in [0.4, 0.5) is 0 Å². The van der Waals surface area contributed by atoms with Crippen LogP contribution in [0.15, 0.2) is 0 Å². The van der Waals surface area contributed by atoms with Crippen LogP contribution in [0.1, 0.15) is 59.3 Å². The molecule has 0 amide bonds. The van der Waals surface area contributed by atoms with Gasteiger partial charge in [-0.25, -0.2) is 0 Å². The summed E-state index contributed by atoms with van der Waals surface area (Å²) in [6.07, 6.45) is 6.72. The number of carbonyl (C=O) groups is 1. The summed E-state index contributed by atoms with van der Waals surface area (Å²) < 4.78 is 0. The first kappa shape index (κ1) is 11.2. The smallest absolute Gasteiger partial charge is 0.133 e. The Kier molecular flexibility index (Phi) is 2.92. The fourth-order valence-corrected chi connectivity index (χ4v) is 3.99. The van der Waals surface area contributed by atoms with Gasteiger partial charge in [-0.2, -0.15) is 0 Å². The van der Waals surface area contributed by atoms with Gasteiger partial charge in [-0.3, -0.25) is 4.79 Å². The lowest BCUT2D eigenvalue weighted by Crippen LogP contribution is -2.42. The van der Waals surface area contributed by atoms with Crippen LogP contribution in [0.5, 0.6) is 0 Å². The highest BCUT2D eigenvalue weighted by Crippen LogP contribution is 2.52. The third-order valence-corrected chi connectivity index (χ3v) is 5.11. The Labute approximate surface area is 93.6 Å². The zero-order valence-electron chi connectivity index (χ0n) is 10.4. The molecule has 2 saturated carbocycles. The van der Waals surface area contributed by atoms with Crippen LogP contribution in [0.2, 0.25) is 0 Å². The molecule has 0 aliphatic heterocycles. The van der Waals surface area contributed by atoms with Gasteiger partial charge < -0.3 is 0 Å². The molecule has 2 bridgehead atoms. The molecule has 3 atom stereocenters. The van der Waals surface area contributed by atoms with Crippen molar-refractivity contribution in [2.45, 2.75) is 59.3 Å². The molecule has 1 heteroatoms. The summed E-state index contributed by atoms with van der Waals surface area (Å²) in [5, 5.41) is 0. The molecule has 2 aliphatic carbocycles. The van der Waals surface area contributed by atoms with Crippen molar-refractivity contribution in [3.05, 3.63) is 0 Å². The number of carbonyl (C=O) groups excluding carboxylic acids is 1. The second kappa shape index (κ2) is 3.92. The van der Waals surface area contributed by atoms with Crippen LogP contribution < -0.4 is 0 Å². The van der Waals surface area contributed by atoms with E-state index in [9.17, 15) is 4.79 Å². The lowest BCUT2D eigenvalue weighted by atomic mass is 9.55. The lowest BCUT2D eigenvalue weighted by molar-refractivity contribution is -0.124. The van der Waals surface area contributed by atoms with Crippen molar-refractivity contribution in [3.8, 4) is 0 Å². The fraction of sp³-hybridized carbons (Fsp3) is 0.929. The summed E-state index contributed by atoms with van der Waals surface area (Å²) >= 11 is 0. The first-order valence-electron chi connectivity index (χ1n) is 6.53. The van der Waals surface area contributed by atoms with Crippen molar-refractivity contribution < 1.29 is 4.79 Å². The zero-order valence-corrected chi connectivity index (χ0v) is 10.4. The lowest BCUT2D eigenvalue weighted by Gasteiger charge is -2.49. The molecule has 0 aromatic carbocycles. The molecular weight excluding hydrogens is 184 g/mol. The first-order chi connectivity index (χ1) is 7.01. The van der Waals surface area contributed by atoms with Gasteiger partial charge in [-0.15, -0.1) is 0 Å². The second-order valence-electron chi connectivity index (χ2n) is 6.31. The van der Waals surface area contributed by atoms with Crippen molar-refractivity contribution in [2.75, 3.05) is 0 Å². The Morgan fingerprint density at radius 1 is 1.20 bits per heavy atom. The highest BCUT2D eigenvalue weighted by molar-refractivity contribution is 5.78. The van der Waals surface area contributed by atoms with E-state index in [0.717, 1.165) is 31.1 Å². The Morgan fingerprint density at radius 3 is 2.67 bits per heavy atom. The van der Waals surface area contributed by atoms with Crippen LogP contribution in [0, 0.1) is 23.2 Å². The average molecular weight is 208 g/mol. The van der Waals surface area contributed by atoms with Crippen molar-refractivity contribution in [3.63, 3.8) is 0 Å². The molecule has 0 N–H and O–H groups in total. The van der Waals surface area contributed by atoms with E-state index in [1.807, 2.05) is 0 Å². The van der Waals surface area contributed by atoms with E-state index < -0.39 is 0 Å². The maximum Gasteiger partial charge on any atom is 0.133 e. The maximum atomic E-state index is 11.7. The number of hydrogen-bond donors (Lipinski definition) is 0. The Bertz CT molecular complexity index is 254. The van der Waals surface area contributed by atoms with Gasteiger partial charge in [-0.1, -0.05) is 27.2 Å². The minimum absolute atomic E-state index is 0.397. The minimum Gasteiger partial charge on any atom is -0.300 e. The molecule has 1 nitrogen and oxygen atoms in total. The van der Waals surface area contributed by atoms with E-state index in [-0.39, 0.29) is 0 Å². The van der Waals surface area contributed by atoms with Crippen LogP contribution >= 0.6 is 0 Å². The topological polar surface area (TPSA) is 17.1 Å². The van der Waals surface area contributed by atoms with Crippen molar-refractivity contribution in [2.24, 2.45) is 23.2 Å². The highest BCUT2D eigenvalue weighted by atomic mass is 16.1. The predicted molar refractivity (Wildman–Crippen MR) is 62.6 cm³/mol. The standard InChI is InChI=1S/C14H24O/c1-10-7-8-11-9-12(15)5-4-6-13(10)14(11,2)3/h10-11,13H,4-9H2,1-3H3. The predicted octanol–water partition coefficient (Wildman–Crippen LogP) is 3.82. The molecule has 0 radical (unpaired) electrons. The quantitative estimate of drug-likeness (QED) is 0.591. The van der Waals surface area contributed by atoms with Crippen molar-refractivity contribution in [1.82, 2.24) is 0 Å². The summed E-state index contributed by atoms with van der Waals surface area (Å²) in [5.41, 5.74) is 0.397. The molecule has 0 saturated heterocycles. The molecule has 0 aromatic rings. The van der Waals surface area contributed by atoms with Gasteiger partial charge in [0.05, 0.1) is 0 Å². The third kappa shape index (κ3) is 1.98. The largest absolute Gasteiger partial charge is 0.300 e. The maximum absolute atomic E-state index is 11.7. The summed E-state index contributed by atoms with van der Waals surface area (Å²) in [6.45, 7) is 7.21. The molecule has 3 unspecified atom stereocenters. The summed E-state index contributed by atoms with van der Waals surface area (Å²) in [4.78, 5) is 11.7. The van der Waals surface area contributed by atoms with Crippen LogP contribution in [-0.4, -0.2) is 5.78 Å². The van der Waals surface area contributed by atoms with Crippen molar-refractivity contribution >= 4 is 5.78 Å². The van der Waals surface area contributed by atoms with Gasteiger partial charge in [0.1, 0.15) is 5.78 Å². The minimum atomic E-state index is 0.397. The van der Waals surface area contributed by atoms with E-state index in [4.69, 9.17) is 0 Å². The van der Waals surface area contributed by atoms with E-state index >= 15 is 0 Å². The van der Waals surface area contributed by atoms with Crippen LogP contribution in [-0.2, 0) is 4.79 Å². The molecule has 0 spiro atoms. The molecular formula is C14H24O. The van der Waals surface area contributed by atoms with Gasteiger partial charge in [-0.05, 0) is 42.4 Å². The average Bonchev–Trinajstić information content (AvgIpc) is 2.15. The third-order valence-electron chi connectivity index (χ3n) is 5.11. The van der Waals surface area contributed by atoms with E-state index in [0.29, 0.717) is 17.1 Å². The van der Waals surface area contributed by atoms with Gasteiger partial charge in [0.25, 0.3) is 0 Å². The molecule has 15 heavy (non-hydrogen) atoms. The van der Waals surface area contributed by atoms with Gasteiger partial charge in [0.15, 0.2) is 0 Å². The second-order valence-corrected chi connectivity index (χ2v) is 6.31. The molecule has 86 valence electrons. The zero-order chi connectivity index (χ0) is 11.1. The number of rotatable bonds is 0. The summed E-state index contributed by atoms with van der Waals surface area (Å²) in [5.74, 6) is 2.89. The normalized spacial score (nSPS) is 40.7.